The highest BCUT2D eigenvalue weighted by molar-refractivity contribution is 5.77. The van der Waals surface area contributed by atoms with E-state index in [0.717, 1.165) is 25.9 Å². The van der Waals surface area contributed by atoms with Gasteiger partial charge in [-0.25, -0.2) is 0 Å². The highest BCUT2D eigenvalue weighted by Crippen LogP contribution is 2.42. The lowest BCUT2D eigenvalue weighted by atomic mass is 9.74. The molecule has 0 spiro atoms. The number of methoxy groups -OCH3 is 1. The van der Waals surface area contributed by atoms with Gasteiger partial charge in [0, 0.05) is 38.2 Å². The number of carbonyl (C=O) groups is 1. The van der Waals surface area contributed by atoms with E-state index in [1.54, 1.807) is 7.11 Å². The van der Waals surface area contributed by atoms with E-state index in [4.69, 9.17) is 4.74 Å². The molecule has 2 fully saturated rings. The third-order valence-electron chi connectivity index (χ3n) is 6.67. The van der Waals surface area contributed by atoms with Crippen molar-refractivity contribution in [3.63, 3.8) is 0 Å². The minimum Gasteiger partial charge on any atom is -0.395 e. The normalized spacial score (nSPS) is 24.5. The van der Waals surface area contributed by atoms with Crippen LogP contribution in [0.3, 0.4) is 0 Å². The van der Waals surface area contributed by atoms with Gasteiger partial charge in [0.15, 0.2) is 0 Å². The minimum absolute atomic E-state index is 0.0558. The summed E-state index contributed by atoms with van der Waals surface area (Å²) in [4.78, 5) is 16.8. The number of aryl methyl sites for hydroxylation is 1. The van der Waals surface area contributed by atoms with Crippen LogP contribution in [-0.2, 0) is 9.53 Å². The molecule has 30 heavy (non-hydrogen) atoms. The van der Waals surface area contributed by atoms with Gasteiger partial charge in [0.2, 0.25) is 5.91 Å². The van der Waals surface area contributed by atoms with Gasteiger partial charge in [0.1, 0.15) is 6.61 Å². The van der Waals surface area contributed by atoms with E-state index < -0.39 is 0 Å². The summed E-state index contributed by atoms with van der Waals surface area (Å²) in [5.74, 6) is 0.290. The molecule has 2 aliphatic heterocycles. The fourth-order valence-electron chi connectivity index (χ4n) is 5.03. The lowest BCUT2D eigenvalue weighted by molar-refractivity contribution is -0.140. The van der Waals surface area contributed by atoms with Gasteiger partial charge in [0.05, 0.1) is 6.61 Å². The standard InChI is InChI=1S/C25H32N2O3/c1-18-5-7-19(8-6-18)20-9-11-21(12-10-20)25-22-15-26(24(29)17-30-2)13-3-4-14-27(22)23(25)16-28/h5-12,22-23,25,28H,3-4,13-17H2,1-2H3/t22-,23+,25-/m1/s1. The van der Waals surface area contributed by atoms with Crippen LogP contribution in [0.5, 0.6) is 0 Å². The highest BCUT2D eigenvalue weighted by Gasteiger charge is 2.49. The SMILES string of the molecule is COCC(=O)N1CCCCN2[C@H](C1)[C@@H](c1ccc(-c3ccc(C)cc3)cc1)[C@@H]2CO. The van der Waals surface area contributed by atoms with Gasteiger partial charge in [-0.15, -0.1) is 0 Å². The fourth-order valence-corrected chi connectivity index (χ4v) is 5.03. The van der Waals surface area contributed by atoms with Crippen molar-refractivity contribution in [2.24, 2.45) is 0 Å². The van der Waals surface area contributed by atoms with Gasteiger partial charge in [0.25, 0.3) is 0 Å². The summed E-state index contributed by atoms with van der Waals surface area (Å²) in [5.41, 5.74) is 4.91. The molecule has 2 heterocycles. The third-order valence-corrected chi connectivity index (χ3v) is 6.67. The van der Waals surface area contributed by atoms with Crippen molar-refractivity contribution in [2.75, 3.05) is 40.0 Å². The molecule has 2 aliphatic rings. The Morgan fingerprint density at radius 3 is 2.30 bits per heavy atom. The molecule has 5 nitrogen and oxygen atoms in total. The molecule has 0 aromatic heterocycles. The Kier molecular flexibility index (Phi) is 6.52. The molecule has 2 aromatic carbocycles. The molecule has 2 saturated heterocycles. The number of hydrogen-bond acceptors (Lipinski definition) is 4. The first-order valence-corrected chi connectivity index (χ1v) is 10.9. The molecular weight excluding hydrogens is 376 g/mol. The molecule has 1 N–H and O–H groups in total. The number of carbonyl (C=O) groups excluding carboxylic acids is 1. The number of ether oxygens (including phenoxy) is 1. The van der Waals surface area contributed by atoms with Crippen LogP contribution >= 0.6 is 0 Å². The van der Waals surface area contributed by atoms with E-state index in [1.807, 2.05) is 4.90 Å². The maximum absolute atomic E-state index is 12.5. The molecule has 0 aliphatic carbocycles. The summed E-state index contributed by atoms with van der Waals surface area (Å²) in [6.07, 6.45) is 2.04. The van der Waals surface area contributed by atoms with Crippen molar-refractivity contribution in [3.8, 4) is 11.1 Å². The second kappa shape index (κ2) is 9.29. The van der Waals surface area contributed by atoms with E-state index in [2.05, 4.69) is 60.4 Å². The zero-order valence-electron chi connectivity index (χ0n) is 18.0. The second-order valence-corrected chi connectivity index (χ2v) is 8.55. The average Bonchev–Trinajstić information content (AvgIpc) is 2.74. The first kappa shape index (κ1) is 21.0. The van der Waals surface area contributed by atoms with Crippen LogP contribution in [-0.4, -0.2) is 72.9 Å². The maximum atomic E-state index is 12.5. The summed E-state index contributed by atoms with van der Waals surface area (Å²) in [6, 6.07) is 17.7. The van der Waals surface area contributed by atoms with Crippen molar-refractivity contribution < 1.29 is 14.6 Å². The van der Waals surface area contributed by atoms with Crippen LogP contribution in [0.25, 0.3) is 11.1 Å². The smallest absolute Gasteiger partial charge is 0.248 e. The quantitative estimate of drug-likeness (QED) is 0.826. The zero-order valence-corrected chi connectivity index (χ0v) is 18.0. The van der Waals surface area contributed by atoms with Gasteiger partial charge in [-0.3, -0.25) is 9.69 Å². The Labute approximate surface area is 179 Å². The van der Waals surface area contributed by atoms with E-state index in [0.29, 0.717) is 6.54 Å². The number of aliphatic hydroxyl groups excluding tert-OH is 1. The molecule has 1 amide bonds. The average molecular weight is 409 g/mol. The first-order chi connectivity index (χ1) is 14.6. The predicted molar refractivity (Wildman–Crippen MR) is 118 cm³/mol. The van der Waals surface area contributed by atoms with E-state index in [9.17, 15) is 9.90 Å². The predicted octanol–water partition coefficient (Wildman–Crippen LogP) is 3.06. The summed E-state index contributed by atoms with van der Waals surface area (Å²) in [5, 5.41) is 10.1. The molecule has 0 bridgehead atoms. The van der Waals surface area contributed by atoms with Crippen molar-refractivity contribution in [1.29, 1.82) is 0 Å². The Morgan fingerprint density at radius 1 is 1.03 bits per heavy atom. The van der Waals surface area contributed by atoms with Crippen LogP contribution in [0, 0.1) is 6.92 Å². The number of rotatable bonds is 5. The summed E-state index contributed by atoms with van der Waals surface area (Å²) < 4.78 is 5.08. The van der Waals surface area contributed by atoms with Crippen LogP contribution < -0.4 is 0 Å². The molecule has 0 saturated carbocycles. The lowest BCUT2D eigenvalue weighted by Crippen LogP contribution is -2.68. The molecule has 3 atom stereocenters. The van der Waals surface area contributed by atoms with Crippen molar-refractivity contribution in [1.82, 2.24) is 9.80 Å². The summed E-state index contributed by atoms with van der Waals surface area (Å²) in [7, 11) is 1.57. The molecular formula is C25H32N2O3. The van der Waals surface area contributed by atoms with Crippen LogP contribution in [0.2, 0.25) is 0 Å². The van der Waals surface area contributed by atoms with Crippen LogP contribution in [0.15, 0.2) is 48.5 Å². The fraction of sp³-hybridized carbons (Fsp3) is 0.480. The van der Waals surface area contributed by atoms with Gasteiger partial charge in [-0.05, 0) is 43.0 Å². The lowest BCUT2D eigenvalue weighted by Gasteiger charge is -2.57. The Bertz CT molecular complexity index is 850. The van der Waals surface area contributed by atoms with Crippen LogP contribution in [0.1, 0.15) is 29.9 Å². The minimum atomic E-state index is 0.0558. The van der Waals surface area contributed by atoms with Gasteiger partial charge in [-0.1, -0.05) is 54.1 Å². The summed E-state index contributed by atoms with van der Waals surface area (Å²) >= 11 is 0. The van der Waals surface area contributed by atoms with Gasteiger partial charge < -0.3 is 14.7 Å². The van der Waals surface area contributed by atoms with Gasteiger partial charge in [-0.2, -0.15) is 0 Å². The van der Waals surface area contributed by atoms with Crippen LogP contribution in [0.4, 0.5) is 0 Å². The largest absolute Gasteiger partial charge is 0.395 e. The molecule has 160 valence electrons. The number of fused-ring (bicyclic) bond motifs is 1. The first-order valence-electron chi connectivity index (χ1n) is 10.9. The van der Waals surface area contributed by atoms with E-state index in [1.165, 1.54) is 22.3 Å². The maximum Gasteiger partial charge on any atom is 0.248 e. The number of hydrogen-bond donors (Lipinski definition) is 1. The number of amides is 1. The third kappa shape index (κ3) is 4.15. The molecule has 2 aromatic rings. The molecule has 0 unspecified atom stereocenters. The Morgan fingerprint density at radius 2 is 1.67 bits per heavy atom. The number of nitrogens with zero attached hydrogens (tertiary/aromatic N) is 2. The second-order valence-electron chi connectivity index (χ2n) is 8.55. The van der Waals surface area contributed by atoms with Crippen molar-refractivity contribution in [2.45, 2.75) is 37.8 Å². The van der Waals surface area contributed by atoms with Crippen molar-refractivity contribution in [3.05, 3.63) is 59.7 Å². The highest BCUT2D eigenvalue weighted by atomic mass is 16.5. The molecule has 4 rings (SSSR count). The monoisotopic (exact) mass is 408 g/mol. The summed E-state index contributed by atoms with van der Waals surface area (Å²) in [6.45, 7) is 4.84. The van der Waals surface area contributed by atoms with E-state index in [-0.39, 0.29) is 37.1 Å². The van der Waals surface area contributed by atoms with E-state index >= 15 is 0 Å². The topological polar surface area (TPSA) is 53.0 Å². The molecule has 0 radical (unpaired) electrons. The number of aliphatic hydroxyl groups is 1. The van der Waals surface area contributed by atoms with Gasteiger partial charge >= 0.3 is 0 Å². The Balaban J connectivity index is 1.55. The Hall–Kier alpha value is -2.21. The van der Waals surface area contributed by atoms with Crippen molar-refractivity contribution >= 4 is 5.91 Å². The number of benzene rings is 2. The molecule has 5 heteroatoms. The zero-order chi connectivity index (χ0) is 21.1.